The summed E-state index contributed by atoms with van der Waals surface area (Å²) in [6.45, 7) is 1.19. The monoisotopic (exact) mass is 327 g/mol. The highest BCUT2D eigenvalue weighted by Crippen LogP contribution is 2.28. The number of carbonyl (C=O) groups is 1. The summed E-state index contributed by atoms with van der Waals surface area (Å²) in [4.78, 5) is 26.0. The first-order valence-electron chi connectivity index (χ1n) is 8.26. The quantitative estimate of drug-likeness (QED) is 0.581. The van der Waals surface area contributed by atoms with Crippen molar-refractivity contribution in [2.75, 3.05) is 18.4 Å². The average Bonchev–Trinajstić information content (AvgIpc) is 3.06. The van der Waals surface area contributed by atoms with Crippen LogP contribution in [0.3, 0.4) is 0 Å². The molecular formula is C17H21N5O2. The minimum Gasteiger partial charge on any atom is -0.338 e. The van der Waals surface area contributed by atoms with Gasteiger partial charge in [0, 0.05) is 17.6 Å². The van der Waals surface area contributed by atoms with Gasteiger partial charge >= 0.3 is 6.03 Å². The zero-order chi connectivity index (χ0) is 16.8. The summed E-state index contributed by atoms with van der Waals surface area (Å²) in [5.74, 6) is 0.865. The van der Waals surface area contributed by atoms with Crippen LogP contribution in [0.15, 0.2) is 29.4 Å². The van der Waals surface area contributed by atoms with Crippen LogP contribution < -0.4 is 10.6 Å². The van der Waals surface area contributed by atoms with Gasteiger partial charge in [0.2, 0.25) is 6.08 Å². The summed E-state index contributed by atoms with van der Waals surface area (Å²) >= 11 is 0. The number of amides is 2. The van der Waals surface area contributed by atoms with Gasteiger partial charge in [-0.05, 0) is 49.3 Å². The number of urea groups is 1. The first-order chi connectivity index (χ1) is 11.7. The number of fused-ring (bicyclic) bond motifs is 1. The number of aromatic amines is 1. The molecule has 0 radical (unpaired) electrons. The molecule has 1 saturated carbocycles. The number of benzene rings is 1. The lowest BCUT2D eigenvalue weighted by molar-refractivity contribution is 0.239. The van der Waals surface area contributed by atoms with Crippen LogP contribution in [-0.4, -0.2) is 35.4 Å². The van der Waals surface area contributed by atoms with Crippen LogP contribution in [0, 0.1) is 11.8 Å². The second-order valence-corrected chi connectivity index (χ2v) is 6.34. The van der Waals surface area contributed by atoms with Gasteiger partial charge in [0.05, 0.1) is 18.3 Å². The number of hydrogen-bond acceptors (Lipinski definition) is 4. The van der Waals surface area contributed by atoms with Gasteiger partial charge < -0.3 is 10.6 Å². The van der Waals surface area contributed by atoms with E-state index in [1.807, 2.05) is 18.2 Å². The molecule has 0 spiro atoms. The van der Waals surface area contributed by atoms with E-state index in [0.717, 1.165) is 42.3 Å². The SMILES string of the molecule is O=C=NCC1CCCC(CNC(=O)Nc2ccc3cn[nH]c3c2)C1. The minimum atomic E-state index is -0.207. The fourth-order valence-corrected chi connectivity index (χ4v) is 3.35. The smallest absolute Gasteiger partial charge is 0.319 e. The molecule has 0 saturated heterocycles. The number of H-pyrrole nitrogens is 1. The molecule has 3 rings (SSSR count). The number of nitrogens with one attached hydrogen (secondary N) is 3. The van der Waals surface area contributed by atoms with Crippen LogP contribution in [0.1, 0.15) is 25.7 Å². The van der Waals surface area contributed by atoms with Crippen molar-refractivity contribution in [1.29, 1.82) is 0 Å². The fraction of sp³-hybridized carbons (Fsp3) is 0.471. The molecule has 126 valence electrons. The van der Waals surface area contributed by atoms with Crippen LogP contribution in [0.4, 0.5) is 10.5 Å². The Kier molecular flexibility index (Phi) is 5.23. The molecule has 7 nitrogen and oxygen atoms in total. The van der Waals surface area contributed by atoms with Crippen LogP contribution in [0.25, 0.3) is 10.9 Å². The lowest BCUT2D eigenvalue weighted by Crippen LogP contribution is -2.35. The zero-order valence-electron chi connectivity index (χ0n) is 13.4. The largest absolute Gasteiger partial charge is 0.338 e. The standard InChI is InChI=1S/C17H21N5O2/c23-11-18-8-12-2-1-3-13(6-12)9-19-17(24)21-15-5-4-14-10-20-22-16(14)7-15/h4-5,7,10,12-13H,1-3,6,8-9H2,(H,20,22)(H2,19,21,24). The van der Waals surface area contributed by atoms with E-state index in [4.69, 9.17) is 0 Å². The molecule has 24 heavy (non-hydrogen) atoms. The number of carbonyl (C=O) groups excluding carboxylic acids is 2. The van der Waals surface area contributed by atoms with Crippen molar-refractivity contribution >= 4 is 28.7 Å². The van der Waals surface area contributed by atoms with Crippen molar-refractivity contribution in [2.45, 2.75) is 25.7 Å². The van der Waals surface area contributed by atoms with Crippen LogP contribution in [-0.2, 0) is 4.79 Å². The summed E-state index contributed by atoms with van der Waals surface area (Å²) in [6.07, 6.45) is 7.65. The van der Waals surface area contributed by atoms with Gasteiger partial charge in [0.1, 0.15) is 0 Å². The summed E-state index contributed by atoms with van der Waals surface area (Å²) in [6, 6.07) is 5.41. The maximum absolute atomic E-state index is 12.1. The first kappa shape index (κ1) is 16.2. The van der Waals surface area contributed by atoms with Crippen LogP contribution >= 0.6 is 0 Å². The van der Waals surface area contributed by atoms with Gasteiger partial charge in [0.25, 0.3) is 0 Å². The highest BCUT2D eigenvalue weighted by Gasteiger charge is 2.22. The highest BCUT2D eigenvalue weighted by molar-refractivity contribution is 5.92. The number of aliphatic imine (C=N–C) groups is 1. The Morgan fingerprint density at radius 3 is 3.12 bits per heavy atom. The molecule has 2 unspecified atom stereocenters. The van der Waals surface area contributed by atoms with Gasteiger partial charge in [0.15, 0.2) is 0 Å². The molecule has 2 aromatic rings. The van der Waals surface area contributed by atoms with Gasteiger partial charge in [-0.1, -0.05) is 6.42 Å². The Labute approximate surface area is 139 Å². The topological polar surface area (TPSA) is 99.2 Å². The maximum atomic E-state index is 12.1. The number of aromatic nitrogens is 2. The molecule has 1 aliphatic rings. The lowest BCUT2D eigenvalue weighted by atomic mass is 9.81. The van der Waals surface area contributed by atoms with Crippen LogP contribution in [0.2, 0.25) is 0 Å². The van der Waals surface area contributed by atoms with E-state index in [2.05, 4.69) is 25.8 Å². The Balaban J connectivity index is 1.47. The van der Waals surface area contributed by atoms with E-state index in [9.17, 15) is 9.59 Å². The molecular weight excluding hydrogens is 306 g/mol. The predicted octanol–water partition coefficient (Wildman–Crippen LogP) is 2.83. The van der Waals surface area contributed by atoms with Crippen molar-refractivity contribution in [2.24, 2.45) is 16.8 Å². The van der Waals surface area contributed by atoms with Crippen LogP contribution in [0.5, 0.6) is 0 Å². The van der Waals surface area contributed by atoms with Gasteiger partial charge in [-0.25, -0.2) is 14.6 Å². The van der Waals surface area contributed by atoms with E-state index in [1.54, 1.807) is 12.3 Å². The predicted molar refractivity (Wildman–Crippen MR) is 91.6 cm³/mol. The molecule has 0 bridgehead atoms. The molecule has 2 atom stereocenters. The second kappa shape index (κ2) is 7.75. The number of hydrogen-bond donors (Lipinski definition) is 3. The normalized spacial score (nSPS) is 20.3. The second-order valence-electron chi connectivity index (χ2n) is 6.34. The number of anilines is 1. The Bertz CT molecular complexity index is 750. The molecule has 1 fully saturated rings. The van der Waals surface area contributed by atoms with Gasteiger partial charge in [-0.15, -0.1) is 0 Å². The number of rotatable bonds is 5. The van der Waals surface area contributed by atoms with Crippen molar-refractivity contribution in [3.05, 3.63) is 24.4 Å². The van der Waals surface area contributed by atoms with E-state index in [1.165, 1.54) is 0 Å². The average molecular weight is 327 g/mol. The van der Waals surface area contributed by atoms with Crippen molar-refractivity contribution in [3.63, 3.8) is 0 Å². The van der Waals surface area contributed by atoms with E-state index >= 15 is 0 Å². The summed E-state index contributed by atoms with van der Waals surface area (Å²) in [7, 11) is 0. The van der Waals surface area contributed by atoms with E-state index in [-0.39, 0.29) is 6.03 Å². The summed E-state index contributed by atoms with van der Waals surface area (Å²) < 4.78 is 0. The summed E-state index contributed by atoms with van der Waals surface area (Å²) in [5, 5.41) is 13.6. The van der Waals surface area contributed by atoms with E-state index in [0.29, 0.717) is 24.9 Å². The molecule has 2 amide bonds. The maximum Gasteiger partial charge on any atom is 0.319 e. The fourth-order valence-electron chi connectivity index (χ4n) is 3.35. The first-order valence-corrected chi connectivity index (χ1v) is 8.26. The molecule has 7 heteroatoms. The zero-order valence-corrected chi connectivity index (χ0v) is 13.4. The van der Waals surface area contributed by atoms with Gasteiger partial charge in [-0.2, -0.15) is 5.10 Å². The van der Waals surface area contributed by atoms with Crippen molar-refractivity contribution in [1.82, 2.24) is 15.5 Å². The third kappa shape index (κ3) is 4.20. The van der Waals surface area contributed by atoms with E-state index < -0.39 is 0 Å². The number of nitrogens with zero attached hydrogens (tertiary/aromatic N) is 2. The van der Waals surface area contributed by atoms with Gasteiger partial charge in [-0.3, -0.25) is 5.10 Å². The summed E-state index contributed by atoms with van der Waals surface area (Å²) in [5.41, 5.74) is 1.62. The van der Waals surface area contributed by atoms with Crippen molar-refractivity contribution < 1.29 is 9.59 Å². The molecule has 1 heterocycles. The molecule has 1 aliphatic carbocycles. The third-order valence-electron chi connectivity index (χ3n) is 4.56. The highest BCUT2D eigenvalue weighted by atomic mass is 16.2. The third-order valence-corrected chi connectivity index (χ3v) is 4.56. The van der Waals surface area contributed by atoms with Crippen molar-refractivity contribution in [3.8, 4) is 0 Å². The molecule has 3 N–H and O–H groups in total. The Hall–Kier alpha value is -2.66. The molecule has 1 aromatic carbocycles. The Morgan fingerprint density at radius 1 is 1.38 bits per heavy atom. The number of isocyanates is 1. The molecule has 1 aromatic heterocycles. The Morgan fingerprint density at radius 2 is 2.25 bits per heavy atom. The minimum absolute atomic E-state index is 0.207. The molecule has 0 aliphatic heterocycles. The lowest BCUT2D eigenvalue weighted by Gasteiger charge is -2.28.